The van der Waals surface area contributed by atoms with Crippen molar-refractivity contribution in [3.05, 3.63) is 93.4 Å². The van der Waals surface area contributed by atoms with Crippen LogP contribution in [0.3, 0.4) is 0 Å². The maximum absolute atomic E-state index is 12.7. The van der Waals surface area contributed by atoms with Gasteiger partial charge in [-0.15, -0.1) is 0 Å². The van der Waals surface area contributed by atoms with Crippen molar-refractivity contribution in [3.63, 3.8) is 0 Å². The number of nitrogens with one attached hydrogen (secondary N) is 1. The minimum Gasteiger partial charge on any atom is -0.494 e. The van der Waals surface area contributed by atoms with E-state index in [1.165, 1.54) is 10.6 Å². The third kappa shape index (κ3) is 4.77. The van der Waals surface area contributed by atoms with Gasteiger partial charge in [0.05, 0.1) is 13.2 Å². The van der Waals surface area contributed by atoms with Crippen LogP contribution in [-0.2, 0) is 6.54 Å². The molecule has 0 fully saturated rings. The molecule has 0 bridgehead atoms. The van der Waals surface area contributed by atoms with Crippen molar-refractivity contribution < 1.29 is 9.53 Å². The number of anilines is 1. The lowest BCUT2D eigenvalue weighted by molar-refractivity contribution is 0.102. The van der Waals surface area contributed by atoms with Gasteiger partial charge in [0.1, 0.15) is 11.3 Å². The van der Waals surface area contributed by atoms with E-state index in [4.69, 9.17) is 16.3 Å². The first-order valence-electron chi connectivity index (χ1n) is 8.55. The molecule has 0 atom stereocenters. The second kappa shape index (κ2) is 8.56. The van der Waals surface area contributed by atoms with Crippen molar-refractivity contribution in [3.8, 4) is 5.75 Å². The lowest BCUT2D eigenvalue weighted by Crippen LogP contribution is -2.29. The highest BCUT2D eigenvalue weighted by atomic mass is 35.5. The van der Waals surface area contributed by atoms with E-state index in [-0.39, 0.29) is 11.1 Å². The van der Waals surface area contributed by atoms with E-state index in [1.54, 1.807) is 48.7 Å². The number of halogens is 1. The van der Waals surface area contributed by atoms with Gasteiger partial charge in [-0.3, -0.25) is 9.59 Å². The number of carbonyl (C=O) groups excluding carboxylic acids is 1. The SMILES string of the molecule is CCOc1ccc(NC(=O)c2cccn(Cc3ccc(Cl)cc3)c2=O)cc1. The van der Waals surface area contributed by atoms with Gasteiger partial charge in [-0.25, -0.2) is 0 Å². The summed E-state index contributed by atoms with van der Waals surface area (Å²) in [7, 11) is 0. The number of aromatic nitrogens is 1. The second-order valence-electron chi connectivity index (χ2n) is 5.89. The molecule has 2 aromatic carbocycles. The zero-order chi connectivity index (χ0) is 19.2. The smallest absolute Gasteiger partial charge is 0.263 e. The molecule has 1 aromatic heterocycles. The van der Waals surface area contributed by atoms with E-state index in [9.17, 15) is 9.59 Å². The molecule has 0 unspecified atom stereocenters. The number of amides is 1. The predicted octanol–water partition coefficient (Wildman–Crippen LogP) is 4.20. The minimum atomic E-state index is -0.449. The molecule has 0 aliphatic carbocycles. The van der Waals surface area contributed by atoms with Gasteiger partial charge in [-0.1, -0.05) is 23.7 Å². The van der Waals surface area contributed by atoms with E-state index >= 15 is 0 Å². The van der Waals surface area contributed by atoms with Crippen molar-refractivity contribution in [1.29, 1.82) is 0 Å². The molecule has 0 aliphatic heterocycles. The van der Waals surface area contributed by atoms with E-state index in [0.29, 0.717) is 23.9 Å². The van der Waals surface area contributed by atoms with Crippen LogP contribution >= 0.6 is 11.6 Å². The highest BCUT2D eigenvalue weighted by molar-refractivity contribution is 6.30. The molecule has 0 saturated heterocycles. The number of hydrogen-bond donors (Lipinski definition) is 1. The Kier molecular flexibility index (Phi) is 5.94. The summed E-state index contributed by atoms with van der Waals surface area (Å²) in [5, 5.41) is 3.38. The van der Waals surface area contributed by atoms with Gasteiger partial charge in [0.2, 0.25) is 0 Å². The van der Waals surface area contributed by atoms with Gasteiger partial charge in [-0.2, -0.15) is 0 Å². The lowest BCUT2D eigenvalue weighted by Gasteiger charge is -2.10. The van der Waals surface area contributed by atoms with E-state index in [2.05, 4.69) is 5.32 Å². The number of ether oxygens (including phenoxy) is 1. The predicted molar refractivity (Wildman–Crippen MR) is 107 cm³/mol. The summed E-state index contributed by atoms with van der Waals surface area (Å²) >= 11 is 5.89. The Morgan fingerprint density at radius 2 is 1.78 bits per heavy atom. The topological polar surface area (TPSA) is 60.3 Å². The third-order valence-electron chi connectivity index (χ3n) is 3.95. The van der Waals surface area contributed by atoms with Crippen LogP contribution in [0.25, 0.3) is 0 Å². The van der Waals surface area contributed by atoms with E-state index in [0.717, 1.165) is 11.3 Å². The Morgan fingerprint density at radius 1 is 1.07 bits per heavy atom. The van der Waals surface area contributed by atoms with Crippen LogP contribution in [0.15, 0.2) is 71.7 Å². The Labute approximate surface area is 162 Å². The Balaban J connectivity index is 1.77. The number of nitrogens with zero attached hydrogens (tertiary/aromatic N) is 1. The van der Waals surface area contributed by atoms with Crippen LogP contribution in [0.1, 0.15) is 22.8 Å². The van der Waals surface area contributed by atoms with Crippen LogP contribution in [0.2, 0.25) is 5.02 Å². The molecule has 3 rings (SSSR count). The molecule has 0 aliphatic rings. The molecule has 27 heavy (non-hydrogen) atoms. The molecule has 3 aromatic rings. The molecule has 138 valence electrons. The zero-order valence-corrected chi connectivity index (χ0v) is 15.6. The highest BCUT2D eigenvalue weighted by Crippen LogP contribution is 2.16. The number of pyridine rings is 1. The van der Waals surface area contributed by atoms with Gasteiger partial charge >= 0.3 is 0 Å². The Hall–Kier alpha value is -3.05. The van der Waals surface area contributed by atoms with Crippen molar-refractivity contribution in [2.75, 3.05) is 11.9 Å². The normalized spacial score (nSPS) is 10.4. The standard InChI is InChI=1S/C21H19ClN2O3/c1-2-27-18-11-9-17(10-12-18)23-20(25)19-4-3-13-24(21(19)26)14-15-5-7-16(22)8-6-15/h3-13H,2,14H2,1H3,(H,23,25). The van der Waals surface area contributed by atoms with Gasteiger partial charge in [0, 0.05) is 16.9 Å². The van der Waals surface area contributed by atoms with Gasteiger partial charge < -0.3 is 14.6 Å². The number of rotatable bonds is 6. The van der Waals surface area contributed by atoms with Crippen molar-refractivity contribution in [2.45, 2.75) is 13.5 Å². The maximum Gasteiger partial charge on any atom is 0.263 e. The molecule has 1 heterocycles. The largest absolute Gasteiger partial charge is 0.494 e. The van der Waals surface area contributed by atoms with Crippen LogP contribution in [0.4, 0.5) is 5.69 Å². The number of benzene rings is 2. The summed E-state index contributed by atoms with van der Waals surface area (Å²) < 4.78 is 6.87. The summed E-state index contributed by atoms with van der Waals surface area (Å²) in [6.07, 6.45) is 1.66. The van der Waals surface area contributed by atoms with Crippen LogP contribution in [0.5, 0.6) is 5.75 Å². The lowest BCUT2D eigenvalue weighted by atomic mass is 10.2. The first-order valence-corrected chi connectivity index (χ1v) is 8.92. The average Bonchev–Trinajstić information content (AvgIpc) is 2.67. The van der Waals surface area contributed by atoms with Crippen LogP contribution in [-0.4, -0.2) is 17.1 Å². The molecular weight excluding hydrogens is 364 g/mol. The Bertz CT molecular complexity index is 980. The van der Waals surface area contributed by atoms with Gasteiger partial charge in [0.25, 0.3) is 11.5 Å². The molecule has 1 amide bonds. The molecule has 5 nitrogen and oxygen atoms in total. The summed E-state index contributed by atoms with van der Waals surface area (Å²) in [6, 6.07) is 17.4. The molecular formula is C21H19ClN2O3. The summed E-state index contributed by atoms with van der Waals surface area (Å²) in [5.74, 6) is 0.273. The van der Waals surface area contributed by atoms with E-state index < -0.39 is 5.91 Å². The van der Waals surface area contributed by atoms with Crippen molar-refractivity contribution in [2.24, 2.45) is 0 Å². The Morgan fingerprint density at radius 3 is 2.44 bits per heavy atom. The quantitative estimate of drug-likeness (QED) is 0.695. The molecule has 6 heteroatoms. The first-order chi connectivity index (χ1) is 13.1. The highest BCUT2D eigenvalue weighted by Gasteiger charge is 2.13. The molecule has 1 N–H and O–H groups in total. The number of carbonyl (C=O) groups is 1. The monoisotopic (exact) mass is 382 g/mol. The zero-order valence-electron chi connectivity index (χ0n) is 14.8. The average molecular weight is 383 g/mol. The van der Waals surface area contributed by atoms with Crippen LogP contribution in [0, 0.1) is 0 Å². The van der Waals surface area contributed by atoms with Crippen molar-refractivity contribution in [1.82, 2.24) is 4.57 Å². The number of hydrogen-bond acceptors (Lipinski definition) is 3. The molecule has 0 radical (unpaired) electrons. The fraction of sp³-hybridized carbons (Fsp3) is 0.143. The fourth-order valence-electron chi connectivity index (χ4n) is 2.62. The van der Waals surface area contributed by atoms with Gasteiger partial charge in [0.15, 0.2) is 0 Å². The third-order valence-corrected chi connectivity index (χ3v) is 4.21. The maximum atomic E-state index is 12.7. The molecule has 0 saturated carbocycles. The summed E-state index contributed by atoms with van der Waals surface area (Å²) in [5.41, 5.74) is 1.25. The second-order valence-corrected chi connectivity index (χ2v) is 6.33. The van der Waals surface area contributed by atoms with Crippen molar-refractivity contribution >= 4 is 23.2 Å². The summed E-state index contributed by atoms with van der Waals surface area (Å²) in [6.45, 7) is 2.84. The molecule has 0 spiro atoms. The van der Waals surface area contributed by atoms with E-state index in [1.807, 2.05) is 19.1 Å². The minimum absolute atomic E-state index is 0.0837. The summed E-state index contributed by atoms with van der Waals surface area (Å²) in [4.78, 5) is 25.2. The van der Waals surface area contributed by atoms with Crippen LogP contribution < -0.4 is 15.6 Å². The van der Waals surface area contributed by atoms with Gasteiger partial charge in [-0.05, 0) is 61.0 Å². The first kappa shape index (κ1) is 18.7. The fourth-order valence-corrected chi connectivity index (χ4v) is 2.75.